The van der Waals surface area contributed by atoms with Gasteiger partial charge in [-0.15, -0.1) is 0 Å². The van der Waals surface area contributed by atoms with E-state index in [0.717, 1.165) is 77.0 Å². The summed E-state index contributed by atoms with van der Waals surface area (Å²) >= 11 is 0. The Morgan fingerprint density at radius 1 is 0.260 bits per heavy atom. The zero-order valence-electron chi connectivity index (χ0n) is 51.5. The predicted molar refractivity (Wildman–Crippen MR) is 335 cm³/mol. The first kappa shape index (κ1) is 74.1. The fourth-order valence-electron chi connectivity index (χ4n) is 9.84. The van der Waals surface area contributed by atoms with Crippen molar-refractivity contribution in [1.29, 1.82) is 0 Å². The van der Waals surface area contributed by atoms with Gasteiger partial charge in [-0.25, -0.2) is 0 Å². The minimum Gasteiger partial charge on any atom is -0.462 e. The largest absolute Gasteiger partial charge is 0.462 e. The van der Waals surface area contributed by atoms with Crippen LogP contribution in [0.4, 0.5) is 0 Å². The smallest absolute Gasteiger partial charge is 0.306 e. The molecular weight excluding hydrogens is 949 g/mol. The van der Waals surface area contributed by atoms with Crippen molar-refractivity contribution in [3.05, 3.63) is 60.8 Å². The summed E-state index contributed by atoms with van der Waals surface area (Å²) in [4.78, 5) is 38.3. The Morgan fingerprint density at radius 2 is 0.481 bits per heavy atom. The molecule has 0 aromatic heterocycles. The minimum absolute atomic E-state index is 0.0771. The van der Waals surface area contributed by atoms with Crippen LogP contribution in [0, 0.1) is 0 Å². The van der Waals surface area contributed by atoms with E-state index in [1.54, 1.807) is 0 Å². The molecule has 0 spiro atoms. The summed E-state index contributed by atoms with van der Waals surface area (Å²) < 4.78 is 16.9. The van der Waals surface area contributed by atoms with Gasteiger partial charge < -0.3 is 14.2 Å². The number of allylic oxidation sites excluding steroid dienone is 10. The fourth-order valence-corrected chi connectivity index (χ4v) is 9.84. The molecule has 0 aliphatic heterocycles. The van der Waals surface area contributed by atoms with Gasteiger partial charge in [-0.1, -0.05) is 293 Å². The molecule has 0 aliphatic carbocycles. The highest BCUT2D eigenvalue weighted by Crippen LogP contribution is 2.17. The van der Waals surface area contributed by atoms with Crippen LogP contribution in [0.15, 0.2) is 60.8 Å². The second-order valence-corrected chi connectivity index (χ2v) is 22.7. The lowest BCUT2D eigenvalue weighted by atomic mass is 10.0. The Bertz CT molecular complexity index is 1380. The molecule has 448 valence electrons. The molecule has 6 nitrogen and oxygen atoms in total. The molecule has 77 heavy (non-hydrogen) atoms. The Labute approximate surface area is 479 Å². The van der Waals surface area contributed by atoms with Crippen molar-refractivity contribution in [2.75, 3.05) is 13.2 Å². The molecular formula is C71H128O6. The average molecular weight is 1080 g/mol. The van der Waals surface area contributed by atoms with Crippen LogP contribution in [0.2, 0.25) is 0 Å². The molecule has 0 fully saturated rings. The molecule has 0 saturated heterocycles. The van der Waals surface area contributed by atoms with Gasteiger partial charge in [0.1, 0.15) is 13.2 Å². The van der Waals surface area contributed by atoms with E-state index in [-0.39, 0.29) is 31.1 Å². The van der Waals surface area contributed by atoms with Gasteiger partial charge in [0.2, 0.25) is 0 Å². The number of ether oxygens (including phenoxy) is 3. The third kappa shape index (κ3) is 63.8. The Kier molecular flexibility index (Phi) is 63.2. The average Bonchev–Trinajstić information content (AvgIpc) is 3.43. The van der Waals surface area contributed by atoms with Crippen LogP contribution in [0.1, 0.15) is 355 Å². The monoisotopic (exact) mass is 1080 g/mol. The zero-order chi connectivity index (χ0) is 55.7. The van der Waals surface area contributed by atoms with Crippen LogP contribution < -0.4 is 0 Å². The second kappa shape index (κ2) is 65.6. The van der Waals surface area contributed by atoms with Crippen molar-refractivity contribution in [2.24, 2.45) is 0 Å². The highest BCUT2D eigenvalue weighted by Gasteiger charge is 2.19. The molecule has 0 heterocycles. The molecule has 0 aromatic rings. The van der Waals surface area contributed by atoms with E-state index in [1.165, 1.54) is 238 Å². The SMILES string of the molecule is CCCC/C=C\CCCCCCCC(=O)OCC(COC(=O)CCCCCCCCCCCC/C=C\C/C=C\C/C=C\CCCCCCC)OC(=O)CCCCCCCCCCCCC/C=C\CCCCCCCCCC. The van der Waals surface area contributed by atoms with E-state index in [0.29, 0.717) is 19.3 Å². The van der Waals surface area contributed by atoms with Crippen molar-refractivity contribution >= 4 is 17.9 Å². The van der Waals surface area contributed by atoms with Gasteiger partial charge in [0, 0.05) is 19.3 Å². The van der Waals surface area contributed by atoms with Crippen molar-refractivity contribution < 1.29 is 28.6 Å². The molecule has 1 atom stereocenters. The third-order valence-corrected chi connectivity index (χ3v) is 15.0. The summed E-state index contributed by atoms with van der Waals surface area (Å²) in [6.07, 6.45) is 83.8. The maximum Gasteiger partial charge on any atom is 0.306 e. The third-order valence-electron chi connectivity index (χ3n) is 15.0. The fraction of sp³-hybridized carbons (Fsp3) is 0.817. The van der Waals surface area contributed by atoms with Gasteiger partial charge >= 0.3 is 17.9 Å². The number of esters is 3. The Morgan fingerprint density at radius 3 is 0.779 bits per heavy atom. The first-order valence-electron chi connectivity index (χ1n) is 33.8. The Hall–Kier alpha value is -2.89. The predicted octanol–water partition coefficient (Wildman–Crippen LogP) is 23.1. The van der Waals surface area contributed by atoms with Crippen molar-refractivity contribution in [3.63, 3.8) is 0 Å². The molecule has 0 bridgehead atoms. The van der Waals surface area contributed by atoms with Crippen LogP contribution in [0.3, 0.4) is 0 Å². The van der Waals surface area contributed by atoms with Gasteiger partial charge in [-0.05, 0) is 103 Å². The maximum absolute atomic E-state index is 12.9. The maximum atomic E-state index is 12.9. The van der Waals surface area contributed by atoms with Crippen molar-refractivity contribution in [3.8, 4) is 0 Å². The summed E-state index contributed by atoms with van der Waals surface area (Å²) in [6, 6.07) is 0. The summed E-state index contributed by atoms with van der Waals surface area (Å²) in [5.74, 6) is -0.874. The second-order valence-electron chi connectivity index (χ2n) is 22.7. The first-order chi connectivity index (χ1) is 38.0. The molecule has 0 aliphatic rings. The summed E-state index contributed by atoms with van der Waals surface area (Å²) in [7, 11) is 0. The topological polar surface area (TPSA) is 78.9 Å². The van der Waals surface area contributed by atoms with Gasteiger partial charge in [0.15, 0.2) is 6.10 Å². The van der Waals surface area contributed by atoms with Gasteiger partial charge in [0.25, 0.3) is 0 Å². The van der Waals surface area contributed by atoms with Gasteiger partial charge in [-0.2, -0.15) is 0 Å². The zero-order valence-corrected chi connectivity index (χ0v) is 51.5. The van der Waals surface area contributed by atoms with E-state index in [9.17, 15) is 14.4 Å². The van der Waals surface area contributed by atoms with Gasteiger partial charge in [-0.3, -0.25) is 14.4 Å². The number of unbranched alkanes of at least 4 members (excludes halogenated alkanes) is 41. The Balaban J connectivity index is 4.24. The van der Waals surface area contributed by atoms with E-state index >= 15 is 0 Å². The van der Waals surface area contributed by atoms with E-state index < -0.39 is 6.10 Å². The normalized spacial score (nSPS) is 12.4. The lowest BCUT2D eigenvalue weighted by Gasteiger charge is -2.18. The highest BCUT2D eigenvalue weighted by molar-refractivity contribution is 5.71. The minimum atomic E-state index is -0.780. The summed E-state index contributed by atoms with van der Waals surface area (Å²) in [6.45, 7) is 6.63. The van der Waals surface area contributed by atoms with E-state index in [2.05, 4.69) is 81.5 Å². The summed E-state index contributed by atoms with van der Waals surface area (Å²) in [5, 5.41) is 0. The molecule has 1 unspecified atom stereocenters. The summed E-state index contributed by atoms with van der Waals surface area (Å²) in [5.41, 5.74) is 0. The van der Waals surface area contributed by atoms with Crippen LogP contribution in [-0.4, -0.2) is 37.2 Å². The number of carbonyl (C=O) groups excluding carboxylic acids is 3. The molecule has 6 heteroatoms. The number of carbonyl (C=O) groups is 3. The first-order valence-corrected chi connectivity index (χ1v) is 33.8. The molecule has 0 aromatic carbocycles. The van der Waals surface area contributed by atoms with Crippen molar-refractivity contribution in [1.82, 2.24) is 0 Å². The van der Waals surface area contributed by atoms with E-state index in [4.69, 9.17) is 14.2 Å². The lowest BCUT2D eigenvalue weighted by molar-refractivity contribution is -0.167. The van der Waals surface area contributed by atoms with E-state index in [1.807, 2.05) is 0 Å². The number of hydrogen-bond donors (Lipinski definition) is 0. The standard InChI is InChI=1S/C71H128O6/c1-4-7-10-13-16-19-22-24-26-28-30-32-34-35-37-38-40-42-44-46-49-52-55-58-61-64-70(73)76-67-68(66-75-69(72)63-60-57-54-51-48-21-18-15-12-9-6-3)77-71(74)65-62-59-56-53-50-47-45-43-41-39-36-33-31-29-27-25-23-20-17-14-11-8-5-2/h15,18,22,24,28-31,34-35,68H,4-14,16-17,19-21,23,25-27,32-33,36-67H2,1-3H3/b18-15-,24-22-,30-28-,31-29-,35-34-. The molecule has 0 radical (unpaired) electrons. The number of hydrogen-bond acceptors (Lipinski definition) is 6. The quantitative estimate of drug-likeness (QED) is 0.0261. The van der Waals surface area contributed by atoms with Crippen LogP contribution >= 0.6 is 0 Å². The van der Waals surface area contributed by atoms with Crippen molar-refractivity contribution in [2.45, 2.75) is 361 Å². The van der Waals surface area contributed by atoms with Crippen LogP contribution in [0.5, 0.6) is 0 Å². The van der Waals surface area contributed by atoms with Gasteiger partial charge in [0.05, 0.1) is 0 Å². The molecule has 0 rings (SSSR count). The molecule has 0 amide bonds. The molecule has 0 saturated carbocycles. The highest BCUT2D eigenvalue weighted by atomic mass is 16.6. The van der Waals surface area contributed by atoms with Crippen LogP contribution in [0.25, 0.3) is 0 Å². The molecule has 0 N–H and O–H groups in total. The number of rotatable bonds is 62. The lowest BCUT2D eigenvalue weighted by Crippen LogP contribution is -2.30. The van der Waals surface area contributed by atoms with Crippen LogP contribution in [-0.2, 0) is 28.6 Å².